The Bertz CT molecular complexity index is 777. The monoisotopic (exact) mass is 391 g/mol. The van der Waals surface area contributed by atoms with Crippen molar-refractivity contribution in [1.29, 1.82) is 0 Å². The van der Waals surface area contributed by atoms with E-state index in [1.54, 1.807) is 11.0 Å². The van der Waals surface area contributed by atoms with Crippen molar-refractivity contribution < 1.29 is 18.1 Å². The van der Waals surface area contributed by atoms with Gasteiger partial charge >= 0.3 is 6.18 Å². The van der Waals surface area contributed by atoms with Crippen LogP contribution in [0.2, 0.25) is 0 Å². The number of aromatic nitrogens is 3. The zero-order valence-corrected chi connectivity index (χ0v) is 13.0. The molecule has 23 heavy (non-hydrogen) atoms. The minimum absolute atomic E-state index is 0.000838. The maximum absolute atomic E-state index is 12.8. The van der Waals surface area contributed by atoms with E-state index in [2.05, 4.69) is 26.1 Å². The maximum Gasteiger partial charge on any atom is 0.451 e. The van der Waals surface area contributed by atoms with E-state index < -0.39 is 16.9 Å². The highest BCUT2D eigenvalue weighted by atomic mass is 79.9. The second-order valence-electron chi connectivity index (χ2n) is 4.90. The van der Waals surface area contributed by atoms with E-state index in [1.807, 2.05) is 0 Å². The molecule has 3 rings (SSSR count). The number of rotatable bonds is 2. The predicted octanol–water partition coefficient (Wildman–Crippen LogP) is 2.99. The molecule has 122 valence electrons. The lowest BCUT2D eigenvalue weighted by Gasteiger charge is -2.29. The molecule has 0 spiro atoms. The molecule has 0 aliphatic carbocycles. The molecule has 0 saturated heterocycles. The van der Waals surface area contributed by atoms with Gasteiger partial charge in [-0.25, -0.2) is 0 Å². The van der Waals surface area contributed by atoms with Crippen LogP contribution in [0.15, 0.2) is 22.7 Å². The Balaban J connectivity index is 1.96. The van der Waals surface area contributed by atoms with Gasteiger partial charge in [0.1, 0.15) is 5.69 Å². The zero-order valence-electron chi connectivity index (χ0n) is 11.4. The SMILES string of the molecule is O=[N+]([O-])c1ccc(Br)cc1N1CCn2c(nnc2C(F)(F)F)C1. The Hall–Kier alpha value is -2.17. The number of nitro groups is 1. The Labute approximate surface area is 136 Å². The van der Waals surface area contributed by atoms with E-state index in [0.717, 1.165) is 4.57 Å². The number of fused-ring (bicyclic) bond motifs is 1. The van der Waals surface area contributed by atoms with Crippen molar-refractivity contribution >= 4 is 27.3 Å². The van der Waals surface area contributed by atoms with Crippen molar-refractivity contribution in [3.63, 3.8) is 0 Å². The summed E-state index contributed by atoms with van der Waals surface area (Å²) in [7, 11) is 0. The number of nitrogens with zero attached hydrogens (tertiary/aromatic N) is 5. The summed E-state index contributed by atoms with van der Waals surface area (Å²) >= 11 is 3.24. The smallest absolute Gasteiger partial charge is 0.357 e. The molecule has 0 radical (unpaired) electrons. The van der Waals surface area contributed by atoms with E-state index in [1.165, 1.54) is 12.1 Å². The second kappa shape index (κ2) is 5.48. The van der Waals surface area contributed by atoms with Crippen LogP contribution < -0.4 is 4.90 Å². The number of anilines is 1. The van der Waals surface area contributed by atoms with Crippen LogP contribution in [0.5, 0.6) is 0 Å². The molecule has 1 aliphatic heterocycles. The normalized spacial score (nSPS) is 14.7. The first-order valence-electron chi connectivity index (χ1n) is 6.45. The average Bonchev–Trinajstić information content (AvgIpc) is 2.89. The standard InChI is InChI=1S/C12H9BrF3N5O2/c13-7-1-2-8(21(22)23)9(5-7)19-3-4-20-10(6-19)17-18-11(20)12(14,15)16/h1-2,5H,3-4,6H2. The van der Waals surface area contributed by atoms with Crippen LogP contribution in [0.1, 0.15) is 11.6 Å². The molecule has 0 amide bonds. The quantitative estimate of drug-likeness (QED) is 0.580. The van der Waals surface area contributed by atoms with Crippen LogP contribution in [-0.4, -0.2) is 26.2 Å². The van der Waals surface area contributed by atoms with Crippen LogP contribution in [0.25, 0.3) is 0 Å². The third kappa shape index (κ3) is 2.87. The summed E-state index contributed by atoms with van der Waals surface area (Å²) in [6, 6.07) is 4.45. The summed E-state index contributed by atoms with van der Waals surface area (Å²) in [4.78, 5) is 12.2. The summed E-state index contributed by atoms with van der Waals surface area (Å²) in [5.41, 5.74) is 0.212. The first-order chi connectivity index (χ1) is 10.8. The van der Waals surface area contributed by atoms with Gasteiger partial charge < -0.3 is 9.47 Å². The molecule has 2 aromatic rings. The van der Waals surface area contributed by atoms with Gasteiger partial charge in [-0.1, -0.05) is 15.9 Å². The zero-order chi connectivity index (χ0) is 16.8. The van der Waals surface area contributed by atoms with Gasteiger partial charge in [-0.3, -0.25) is 10.1 Å². The lowest BCUT2D eigenvalue weighted by Crippen LogP contribution is -2.35. The predicted molar refractivity (Wildman–Crippen MR) is 76.9 cm³/mol. The molecule has 1 aliphatic rings. The highest BCUT2D eigenvalue weighted by Crippen LogP contribution is 2.35. The Morgan fingerprint density at radius 2 is 2.00 bits per heavy atom. The Kier molecular flexibility index (Phi) is 3.74. The summed E-state index contributed by atoms with van der Waals surface area (Å²) in [5.74, 6) is -0.922. The van der Waals surface area contributed by atoms with Gasteiger partial charge in [0.15, 0.2) is 5.82 Å². The molecule has 2 heterocycles. The summed E-state index contributed by atoms with van der Waals surface area (Å²) in [6.45, 7) is 0.201. The number of halogens is 4. The molecule has 0 atom stereocenters. The minimum Gasteiger partial charge on any atom is -0.357 e. The van der Waals surface area contributed by atoms with Gasteiger partial charge in [-0.2, -0.15) is 13.2 Å². The minimum atomic E-state index is -4.57. The highest BCUT2D eigenvalue weighted by Gasteiger charge is 2.39. The van der Waals surface area contributed by atoms with Gasteiger partial charge in [0.25, 0.3) is 5.69 Å². The van der Waals surface area contributed by atoms with E-state index in [9.17, 15) is 23.3 Å². The van der Waals surface area contributed by atoms with Gasteiger partial charge in [0.05, 0.1) is 11.5 Å². The molecule has 7 nitrogen and oxygen atoms in total. The molecule has 0 N–H and O–H groups in total. The number of nitro benzene ring substituents is 1. The molecule has 0 saturated carbocycles. The van der Waals surface area contributed by atoms with Crippen molar-refractivity contribution in [3.05, 3.63) is 44.4 Å². The summed E-state index contributed by atoms with van der Waals surface area (Å²) < 4.78 is 40.1. The fourth-order valence-corrected chi connectivity index (χ4v) is 2.83. The van der Waals surface area contributed by atoms with Gasteiger partial charge in [0.2, 0.25) is 5.82 Å². The molecule has 0 bridgehead atoms. The third-order valence-corrected chi connectivity index (χ3v) is 3.97. The van der Waals surface area contributed by atoms with Crippen LogP contribution in [0.4, 0.5) is 24.5 Å². The van der Waals surface area contributed by atoms with Crippen molar-refractivity contribution in [1.82, 2.24) is 14.8 Å². The van der Waals surface area contributed by atoms with E-state index in [4.69, 9.17) is 0 Å². The summed E-state index contributed by atoms with van der Waals surface area (Å²) in [6.07, 6.45) is -4.57. The van der Waals surface area contributed by atoms with E-state index in [-0.39, 0.29) is 31.1 Å². The molecule has 1 aromatic carbocycles. The summed E-state index contributed by atoms with van der Waals surface area (Å²) in [5, 5.41) is 17.9. The highest BCUT2D eigenvalue weighted by molar-refractivity contribution is 9.10. The fourth-order valence-electron chi connectivity index (χ4n) is 2.48. The number of hydrogen-bond donors (Lipinski definition) is 0. The van der Waals surface area contributed by atoms with Crippen molar-refractivity contribution in [2.75, 3.05) is 11.4 Å². The Morgan fingerprint density at radius 1 is 1.26 bits per heavy atom. The van der Waals surface area contributed by atoms with Gasteiger partial charge in [-0.05, 0) is 12.1 Å². The van der Waals surface area contributed by atoms with Crippen molar-refractivity contribution in [2.24, 2.45) is 0 Å². The first-order valence-corrected chi connectivity index (χ1v) is 7.25. The van der Waals surface area contributed by atoms with Crippen LogP contribution in [0.3, 0.4) is 0 Å². The van der Waals surface area contributed by atoms with Gasteiger partial charge in [-0.15, -0.1) is 10.2 Å². The number of benzene rings is 1. The maximum atomic E-state index is 12.8. The van der Waals surface area contributed by atoms with Crippen LogP contribution >= 0.6 is 15.9 Å². The topological polar surface area (TPSA) is 77.1 Å². The number of alkyl halides is 3. The van der Waals surface area contributed by atoms with Crippen molar-refractivity contribution in [3.8, 4) is 0 Å². The molecule has 11 heteroatoms. The fraction of sp³-hybridized carbons (Fsp3) is 0.333. The molecular weight excluding hydrogens is 383 g/mol. The molecule has 0 fully saturated rings. The van der Waals surface area contributed by atoms with Crippen LogP contribution in [0, 0.1) is 10.1 Å². The molecule has 1 aromatic heterocycles. The van der Waals surface area contributed by atoms with Crippen LogP contribution in [-0.2, 0) is 19.3 Å². The Morgan fingerprint density at radius 3 is 2.65 bits per heavy atom. The molecular formula is C12H9BrF3N5O2. The van der Waals surface area contributed by atoms with E-state index >= 15 is 0 Å². The van der Waals surface area contributed by atoms with E-state index in [0.29, 0.717) is 10.2 Å². The van der Waals surface area contributed by atoms with Crippen molar-refractivity contribution in [2.45, 2.75) is 19.3 Å². The number of hydrogen-bond acceptors (Lipinski definition) is 5. The lowest BCUT2D eigenvalue weighted by atomic mass is 10.2. The first kappa shape index (κ1) is 15.7. The largest absolute Gasteiger partial charge is 0.451 e. The average molecular weight is 392 g/mol. The second-order valence-corrected chi connectivity index (χ2v) is 5.82. The molecule has 0 unspecified atom stereocenters. The third-order valence-electron chi connectivity index (χ3n) is 3.48. The van der Waals surface area contributed by atoms with Gasteiger partial charge in [0, 0.05) is 23.6 Å². The lowest BCUT2D eigenvalue weighted by molar-refractivity contribution is -0.384.